The minimum Gasteiger partial charge on any atom is -0.748 e. The minimum absolute atomic E-state index is 0.0248. The van der Waals surface area contributed by atoms with Gasteiger partial charge in [-0.15, -0.1) is 0 Å². The first-order valence-electron chi connectivity index (χ1n) is 42.9. The highest BCUT2D eigenvalue weighted by atomic mass is 32.2. The Morgan fingerprint density at radius 3 is 0.637 bits per heavy atom. The van der Waals surface area contributed by atoms with E-state index in [0.717, 1.165) is 89.9 Å². The Kier molecular flexibility index (Phi) is 18.9. The molecule has 0 aromatic heterocycles. The Labute approximate surface area is 725 Å². The van der Waals surface area contributed by atoms with Crippen molar-refractivity contribution < 1.29 is 17.8 Å². The van der Waals surface area contributed by atoms with Crippen molar-refractivity contribution in [3.05, 3.63) is 419 Å². The molecule has 21 aromatic rings. The summed E-state index contributed by atoms with van der Waals surface area (Å²) in [5.41, 5.74) is 19.6. The lowest BCUT2D eigenvalue weighted by Crippen LogP contribution is -2.42. The van der Waals surface area contributed by atoms with Crippen LogP contribution in [-0.4, -0.2) is 24.5 Å². The van der Waals surface area contributed by atoms with Gasteiger partial charge in [-0.2, -0.15) is 0 Å². The molecule has 0 N–H and O–H groups in total. The summed E-state index contributed by atoms with van der Waals surface area (Å²) in [7, 11) is -5.55. The van der Waals surface area contributed by atoms with Crippen molar-refractivity contribution in [1.82, 2.24) is 0 Å². The minimum atomic E-state index is -4.33. The predicted octanol–water partition coefficient (Wildman–Crippen LogP) is 31.1. The highest BCUT2D eigenvalue weighted by Crippen LogP contribution is 2.65. The maximum atomic E-state index is 11.8. The van der Waals surface area contributed by atoms with Gasteiger partial charge in [-0.1, -0.05) is 396 Å². The van der Waals surface area contributed by atoms with Crippen molar-refractivity contribution in [2.24, 2.45) is 16.7 Å². The quantitative estimate of drug-likeness (QED) is 0.0803. The first kappa shape index (κ1) is 76.1. The second-order valence-corrected chi connectivity index (χ2v) is 37.4. The van der Waals surface area contributed by atoms with Crippen molar-refractivity contribution in [1.29, 1.82) is 0 Å². The maximum absolute atomic E-state index is 11.8. The number of hydrogen-bond donors (Lipinski definition) is 0. The zero-order valence-electron chi connectivity index (χ0n) is 68.7. The van der Waals surface area contributed by atoms with Crippen LogP contribution in [0.3, 0.4) is 0 Å². The molecule has 6 heteroatoms. The van der Waals surface area contributed by atoms with Gasteiger partial charge in [0, 0.05) is 45.2 Å². The number of carbonyl (C=O) groups excluding carboxylic acids is 1. The van der Waals surface area contributed by atoms with E-state index in [2.05, 4.69) is 419 Å². The van der Waals surface area contributed by atoms with Gasteiger partial charge in [0.25, 0.3) is 0 Å². The van der Waals surface area contributed by atoms with Crippen LogP contribution in [0.15, 0.2) is 433 Å². The van der Waals surface area contributed by atoms with E-state index in [4.69, 9.17) is 0 Å². The third-order valence-corrected chi connectivity index (χ3v) is 30.6. The van der Waals surface area contributed by atoms with Crippen molar-refractivity contribution >= 4 is 124 Å². The van der Waals surface area contributed by atoms with Gasteiger partial charge >= 0.3 is 0 Å². The smallest absolute Gasteiger partial charge is 0.182 e. The molecule has 0 heterocycles. The summed E-state index contributed by atoms with van der Waals surface area (Å²) < 4.78 is 32.7. The van der Waals surface area contributed by atoms with Gasteiger partial charge in [-0.05, 0) is 224 Å². The fourth-order valence-corrected chi connectivity index (χ4v) is 25.3. The summed E-state index contributed by atoms with van der Waals surface area (Å²) in [6, 6.07) is 160. The Morgan fingerprint density at radius 1 is 0.266 bits per heavy atom. The number of ketones is 1. The van der Waals surface area contributed by atoms with Crippen LogP contribution in [0, 0.1) is 16.7 Å². The van der Waals surface area contributed by atoms with Crippen LogP contribution in [0.4, 0.5) is 0 Å². The van der Waals surface area contributed by atoms with Crippen LogP contribution in [0.1, 0.15) is 33.1 Å². The molecule has 0 radical (unpaired) electrons. The van der Waals surface area contributed by atoms with E-state index in [9.17, 15) is 17.8 Å². The lowest BCUT2D eigenvalue weighted by molar-refractivity contribution is -0.128. The average molecular weight is 1630 g/mol. The third kappa shape index (κ3) is 13.0. The second-order valence-electron chi connectivity index (χ2n) is 34.1. The normalized spacial score (nSPS) is 15.0. The van der Waals surface area contributed by atoms with Crippen molar-refractivity contribution in [3.8, 4) is 100 Å². The number of rotatable bonds is 14. The van der Waals surface area contributed by atoms with E-state index in [-0.39, 0.29) is 17.1 Å². The van der Waals surface area contributed by atoms with E-state index >= 15 is 0 Å². The molecular weight excluding hydrogens is 1550 g/mol. The maximum Gasteiger partial charge on any atom is 0.182 e. The van der Waals surface area contributed by atoms with Gasteiger partial charge in [0.1, 0.15) is 16.7 Å². The second kappa shape index (κ2) is 30.8. The Morgan fingerprint density at radius 2 is 0.452 bits per heavy atom. The summed E-state index contributed by atoms with van der Waals surface area (Å²) in [4.78, 5) is 15.5. The molecular formula is C118H84O4S2. The number of fused-ring (bicyclic) bond motifs is 11. The van der Waals surface area contributed by atoms with Crippen LogP contribution in [-0.2, 0) is 25.8 Å². The van der Waals surface area contributed by atoms with E-state index in [1.54, 1.807) is 0 Å². The standard InChI is InChI=1S/C108H69S.C10H16O4S/c1-10-46-82-70(28-1)37-19-55-91(82)79-64-100(94-58-22-40-73-31-4-13-49-85(73)94)106(101(65-79)95-59-23-41-74-32-5-14-50-86(74)95)109(107-102(96-60-24-42-75-33-6-15-51-87(75)96)66-80(92-56-20-38-71-29-2-11-47-83(71)92)67-103(107)97-61-25-43-76-34-7-16-52-88(76)97)108-104(98-62-26-44-77-35-8-17-53-89(77)98)68-81(93-57-21-39-72-30-3-12-48-84(72)93)69-105(108)99-63-27-45-78-36-9-18-54-90(78)99;1-9(2)7-3-4-10(9,8(11)5-7)6-15(12,13)14/h1-69H;7H,3-6H2,1-2H3,(H,12,13,14)/q+1;/p-1. The molecule has 4 nitrogen and oxygen atoms in total. The molecule has 592 valence electrons. The van der Waals surface area contributed by atoms with Crippen molar-refractivity contribution in [3.63, 3.8) is 0 Å². The lowest BCUT2D eigenvalue weighted by atomic mass is 9.70. The van der Waals surface area contributed by atoms with E-state index < -0.39 is 32.2 Å². The molecule has 0 aliphatic heterocycles. The van der Waals surface area contributed by atoms with Gasteiger partial charge in [-0.3, -0.25) is 4.79 Å². The summed E-state index contributed by atoms with van der Waals surface area (Å²) in [5, 5.41) is 21.3. The van der Waals surface area contributed by atoms with E-state index in [0.29, 0.717) is 12.8 Å². The summed E-state index contributed by atoms with van der Waals surface area (Å²) in [6.45, 7) is 3.83. The number of carbonyl (C=O) groups is 1. The molecule has 2 bridgehead atoms. The molecule has 2 atom stereocenters. The monoisotopic (exact) mass is 1630 g/mol. The molecule has 0 saturated heterocycles. The van der Waals surface area contributed by atoms with Gasteiger partial charge in [-0.25, -0.2) is 8.42 Å². The Bertz CT molecular complexity index is 7040. The molecule has 2 aliphatic carbocycles. The van der Waals surface area contributed by atoms with E-state index in [1.165, 1.54) is 128 Å². The number of benzene rings is 21. The molecule has 21 aromatic carbocycles. The Hall–Kier alpha value is -14.1. The fourth-order valence-electron chi connectivity index (χ4n) is 21.1. The molecule has 2 saturated carbocycles. The van der Waals surface area contributed by atoms with Crippen LogP contribution < -0.4 is 0 Å². The molecule has 124 heavy (non-hydrogen) atoms. The van der Waals surface area contributed by atoms with E-state index in [1.807, 2.05) is 13.8 Å². The van der Waals surface area contributed by atoms with Gasteiger partial charge < -0.3 is 4.55 Å². The molecule has 0 spiro atoms. The first-order chi connectivity index (χ1) is 60.8. The average Bonchev–Trinajstić information content (AvgIpc) is 0.766. The van der Waals surface area contributed by atoms with Gasteiger partial charge in [0.05, 0.1) is 15.9 Å². The highest BCUT2D eigenvalue weighted by molar-refractivity contribution is 7.97. The summed E-state index contributed by atoms with van der Waals surface area (Å²) >= 11 is 0. The van der Waals surface area contributed by atoms with Crippen molar-refractivity contribution in [2.75, 3.05) is 5.75 Å². The number of Topliss-reactive ketones (excluding diaryl/α,β-unsaturated/α-hetero) is 1. The molecule has 2 aliphatic rings. The zero-order chi connectivity index (χ0) is 83.4. The largest absolute Gasteiger partial charge is 0.748 e. The highest BCUT2D eigenvalue weighted by Gasteiger charge is 2.64. The first-order valence-corrected chi connectivity index (χ1v) is 45.7. The summed E-state index contributed by atoms with van der Waals surface area (Å²) in [5.74, 6) is -0.280. The predicted molar refractivity (Wildman–Crippen MR) is 521 cm³/mol. The SMILES string of the molecule is CC1(C)C2CCC1(CS(=O)(=O)[O-])C(=O)C2.c1ccc2c(-c3cc(-c4cccc5ccccc45)c([S+](c4c(-c5cccc6ccccc56)cc(-c5cccc6ccccc56)cc4-c4cccc5ccccc45)c4c(-c5cccc6ccccc56)cc(-c5cccc6ccccc56)cc4-c4cccc5ccccc45)c(-c4cccc5ccccc45)c3)cccc2c1. The fraction of sp³-hybridized carbons (Fsp3) is 0.0763. The molecule has 2 fully saturated rings. The Balaban J connectivity index is 0.000000551. The van der Waals surface area contributed by atoms with Gasteiger partial charge in [0.15, 0.2) is 14.7 Å². The zero-order valence-corrected chi connectivity index (χ0v) is 70.3. The topological polar surface area (TPSA) is 74.3 Å². The van der Waals surface area contributed by atoms with Crippen LogP contribution in [0.2, 0.25) is 0 Å². The lowest BCUT2D eigenvalue weighted by Gasteiger charge is -2.37. The molecule has 2 unspecified atom stereocenters. The van der Waals surface area contributed by atoms with Crippen LogP contribution in [0.5, 0.6) is 0 Å². The third-order valence-electron chi connectivity index (χ3n) is 27.2. The van der Waals surface area contributed by atoms with Crippen LogP contribution in [0.25, 0.3) is 197 Å². The molecule has 0 amide bonds. The number of hydrogen-bond acceptors (Lipinski definition) is 4. The van der Waals surface area contributed by atoms with Crippen molar-refractivity contribution in [2.45, 2.75) is 47.8 Å². The molecule has 23 rings (SSSR count). The van der Waals surface area contributed by atoms with Gasteiger partial charge in [0.2, 0.25) is 0 Å². The van der Waals surface area contributed by atoms with Crippen LogP contribution >= 0.6 is 0 Å². The summed E-state index contributed by atoms with van der Waals surface area (Å²) in [6.07, 6.45) is 1.88.